The van der Waals surface area contributed by atoms with E-state index >= 15 is 0 Å². The van der Waals surface area contributed by atoms with Crippen molar-refractivity contribution in [2.45, 2.75) is 51.0 Å². The Bertz CT molecular complexity index is 483. The van der Waals surface area contributed by atoms with Gasteiger partial charge in [-0.3, -0.25) is 4.79 Å². The fourth-order valence-corrected chi connectivity index (χ4v) is 4.38. The summed E-state index contributed by atoms with van der Waals surface area (Å²) in [6, 6.07) is 0. The standard InChI is InChI=1S/C15H23N3OS.2ClH/c1-11-10-20-14(17-11)15(6-2-3-7-15)18-13(19)12-4-8-16-9-5-12;;/h10,12,16H,2-9H2,1H3,(H,18,19);2*1H. The number of piperidine rings is 1. The molecule has 1 aliphatic carbocycles. The Balaban J connectivity index is 0.00000121. The smallest absolute Gasteiger partial charge is 0.223 e. The molecule has 2 heterocycles. The van der Waals surface area contributed by atoms with Crippen molar-refractivity contribution in [3.05, 3.63) is 16.1 Å². The fraction of sp³-hybridized carbons (Fsp3) is 0.733. The first-order valence-electron chi connectivity index (χ1n) is 7.65. The van der Waals surface area contributed by atoms with Crippen LogP contribution in [0.5, 0.6) is 0 Å². The van der Waals surface area contributed by atoms with E-state index in [9.17, 15) is 4.79 Å². The molecule has 1 saturated carbocycles. The molecule has 0 unspecified atom stereocenters. The third-order valence-corrected chi connectivity index (χ3v) is 5.72. The minimum absolute atomic E-state index is 0. The third-order valence-electron chi connectivity index (χ3n) is 4.56. The van der Waals surface area contributed by atoms with Crippen LogP contribution in [-0.4, -0.2) is 24.0 Å². The van der Waals surface area contributed by atoms with Crippen molar-refractivity contribution in [2.75, 3.05) is 13.1 Å². The van der Waals surface area contributed by atoms with Crippen molar-refractivity contribution in [1.82, 2.24) is 15.6 Å². The summed E-state index contributed by atoms with van der Waals surface area (Å²) in [7, 11) is 0. The summed E-state index contributed by atoms with van der Waals surface area (Å²) >= 11 is 1.70. The van der Waals surface area contributed by atoms with Gasteiger partial charge >= 0.3 is 0 Å². The van der Waals surface area contributed by atoms with Crippen molar-refractivity contribution in [1.29, 1.82) is 0 Å². The van der Waals surface area contributed by atoms with Crippen molar-refractivity contribution < 1.29 is 4.79 Å². The second-order valence-corrected chi connectivity index (χ2v) is 6.95. The van der Waals surface area contributed by atoms with Gasteiger partial charge in [0, 0.05) is 17.0 Å². The van der Waals surface area contributed by atoms with Crippen LogP contribution in [-0.2, 0) is 10.3 Å². The number of nitrogens with zero attached hydrogens (tertiary/aromatic N) is 1. The second kappa shape index (κ2) is 8.48. The summed E-state index contributed by atoms with van der Waals surface area (Å²) in [5.74, 6) is 0.413. The SMILES string of the molecule is Cc1csc(C2(NC(=O)C3CCNCC3)CCCC2)n1.Cl.Cl. The van der Waals surface area contributed by atoms with Gasteiger partial charge < -0.3 is 10.6 Å². The molecule has 0 radical (unpaired) electrons. The summed E-state index contributed by atoms with van der Waals surface area (Å²) in [5, 5.41) is 9.89. The molecule has 3 rings (SSSR count). The molecule has 1 aliphatic heterocycles. The predicted molar refractivity (Wildman–Crippen MR) is 95.2 cm³/mol. The van der Waals surface area contributed by atoms with E-state index in [4.69, 9.17) is 0 Å². The molecular weight excluding hydrogens is 341 g/mol. The van der Waals surface area contributed by atoms with Crippen LogP contribution >= 0.6 is 36.2 Å². The Kier molecular flexibility index (Phi) is 7.59. The van der Waals surface area contributed by atoms with E-state index in [2.05, 4.69) is 21.0 Å². The zero-order valence-electron chi connectivity index (χ0n) is 12.9. The molecule has 1 amide bonds. The number of thiazole rings is 1. The number of carbonyl (C=O) groups is 1. The van der Waals surface area contributed by atoms with Crippen molar-refractivity contribution in [3.8, 4) is 0 Å². The van der Waals surface area contributed by atoms with Gasteiger partial charge in [0.25, 0.3) is 0 Å². The zero-order chi connectivity index (χ0) is 14.0. The summed E-state index contributed by atoms with van der Waals surface area (Å²) < 4.78 is 0. The van der Waals surface area contributed by atoms with E-state index in [0.29, 0.717) is 0 Å². The van der Waals surface area contributed by atoms with Gasteiger partial charge in [-0.15, -0.1) is 36.2 Å². The van der Waals surface area contributed by atoms with Gasteiger partial charge in [0.05, 0.1) is 5.54 Å². The van der Waals surface area contributed by atoms with Gasteiger partial charge in [-0.05, 0) is 45.7 Å². The number of nitrogens with one attached hydrogen (secondary N) is 2. The van der Waals surface area contributed by atoms with Crippen LogP contribution in [0.15, 0.2) is 5.38 Å². The van der Waals surface area contributed by atoms with Crippen LogP contribution in [0, 0.1) is 12.8 Å². The summed E-state index contributed by atoms with van der Waals surface area (Å²) in [6.07, 6.45) is 6.36. The van der Waals surface area contributed by atoms with Crippen LogP contribution in [0.3, 0.4) is 0 Å². The summed E-state index contributed by atoms with van der Waals surface area (Å²) in [6.45, 7) is 3.94. The van der Waals surface area contributed by atoms with Crippen LogP contribution in [0.2, 0.25) is 0 Å². The first-order chi connectivity index (χ1) is 9.70. The maximum absolute atomic E-state index is 12.6. The molecule has 0 atom stereocenters. The highest BCUT2D eigenvalue weighted by molar-refractivity contribution is 7.09. The van der Waals surface area contributed by atoms with E-state index in [1.54, 1.807) is 11.3 Å². The Morgan fingerprint density at radius 3 is 2.50 bits per heavy atom. The number of halogens is 2. The lowest BCUT2D eigenvalue weighted by Gasteiger charge is -2.31. The molecule has 2 N–H and O–H groups in total. The molecule has 0 bridgehead atoms. The van der Waals surface area contributed by atoms with E-state index in [0.717, 1.165) is 49.5 Å². The molecule has 4 nitrogen and oxygen atoms in total. The van der Waals surface area contributed by atoms with Crippen molar-refractivity contribution in [3.63, 3.8) is 0 Å². The fourth-order valence-electron chi connectivity index (χ4n) is 3.37. The third kappa shape index (κ3) is 4.13. The van der Waals surface area contributed by atoms with E-state index in [1.165, 1.54) is 12.8 Å². The molecule has 2 aliphatic rings. The maximum Gasteiger partial charge on any atom is 0.223 e. The molecule has 1 saturated heterocycles. The van der Waals surface area contributed by atoms with Crippen LogP contribution < -0.4 is 10.6 Å². The molecule has 7 heteroatoms. The minimum atomic E-state index is -0.180. The van der Waals surface area contributed by atoms with Gasteiger partial charge in [0.1, 0.15) is 5.01 Å². The van der Waals surface area contributed by atoms with Crippen molar-refractivity contribution >= 4 is 42.1 Å². The first kappa shape index (κ1) is 19.7. The van der Waals surface area contributed by atoms with Crippen LogP contribution in [0.4, 0.5) is 0 Å². The van der Waals surface area contributed by atoms with E-state index < -0.39 is 0 Å². The largest absolute Gasteiger partial charge is 0.344 e. The monoisotopic (exact) mass is 365 g/mol. The van der Waals surface area contributed by atoms with Gasteiger partial charge in [-0.2, -0.15) is 0 Å². The predicted octanol–water partition coefficient (Wildman–Crippen LogP) is 3.18. The Morgan fingerprint density at radius 2 is 1.95 bits per heavy atom. The molecule has 1 aromatic rings. The Morgan fingerprint density at radius 1 is 1.32 bits per heavy atom. The number of aryl methyl sites for hydroxylation is 1. The molecule has 1 aromatic heterocycles. The van der Waals surface area contributed by atoms with Crippen molar-refractivity contribution in [2.24, 2.45) is 5.92 Å². The molecule has 0 spiro atoms. The van der Waals surface area contributed by atoms with Crippen LogP contribution in [0.25, 0.3) is 0 Å². The van der Waals surface area contributed by atoms with Gasteiger partial charge in [0.15, 0.2) is 0 Å². The normalized spacial score (nSPS) is 20.8. The number of aromatic nitrogens is 1. The lowest BCUT2D eigenvalue weighted by atomic mass is 9.93. The second-order valence-electron chi connectivity index (χ2n) is 6.10. The number of hydrogen-bond acceptors (Lipinski definition) is 4. The topological polar surface area (TPSA) is 54.0 Å². The van der Waals surface area contributed by atoms with E-state index in [-0.39, 0.29) is 42.2 Å². The maximum atomic E-state index is 12.6. The van der Waals surface area contributed by atoms with Crippen LogP contribution in [0.1, 0.15) is 49.2 Å². The molecule has 126 valence electrons. The number of amides is 1. The number of rotatable bonds is 3. The van der Waals surface area contributed by atoms with E-state index in [1.807, 2.05) is 6.92 Å². The average Bonchev–Trinajstić information content (AvgIpc) is 3.10. The molecular formula is C15H25Cl2N3OS. The Hall–Kier alpha value is -0.360. The van der Waals surface area contributed by atoms with Gasteiger partial charge in [-0.1, -0.05) is 12.8 Å². The lowest BCUT2D eigenvalue weighted by Crippen LogP contribution is -2.48. The molecule has 2 fully saturated rings. The highest BCUT2D eigenvalue weighted by Crippen LogP contribution is 2.40. The quantitative estimate of drug-likeness (QED) is 0.864. The Labute approximate surface area is 148 Å². The summed E-state index contributed by atoms with van der Waals surface area (Å²) in [4.78, 5) is 17.2. The average molecular weight is 366 g/mol. The molecule has 0 aromatic carbocycles. The minimum Gasteiger partial charge on any atom is -0.344 e. The lowest BCUT2D eigenvalue weighted by molar-refractivity contribution is -0.127. The summed E-state index contributed by atoms with van der Waals surface area (Å²) in [5.41, 5.74) is 0.883. The number of carbonyl (C=O) groups excluding carboxylic acids is 1. The van der Waals surface area contributed by atoms with Gasteiger partial charge in [-0.25, -0.2) is 4.98 Å². The number of hydrogen-bond donors (Lipinski definition) is 2. The molecule has 22 heavy (non-hydrogen) atoms. The van der Waals surface area contributed by atoms with Gasteiger partial charge in [0.2, 0.25) is 5.91 Å². The highest BCUT2D eigenvalue weighted by atomic mass is 35.5. The zero-order valence-corrected chi connectivity index (χ0v) is 15.3. The highest BCUT2D eigenvalue weighted by Gasteiger charge is 2.40. The first-order valence-corrected chi connectivity index (χ1v) is 8.53.